The number of amides is 1. The number of nitrogens with zero attached hydrogens (tertiary/aromatic N) is 2. The zero-order valence-electron chi connectivity index (χ0n) is 28.7. The molecule has 2 N–H and O–H groups in total. The molecule has 268 valence electrons. The average molecular weight is 737 g/mol. The summed E-state index contributed by atoms with van der Waals surface area (Å²) in [5.41, 5.74) is 1.41. The third-order valence-electron chi connectivity index (χ3n) is 8.60. The van der Waals surface area contributed by atoms with E-state index in [4.69, 9.17) is 37.4 Å². The maximum atomic E-state index is 14.4. The van der Waals surface area contributed by atoms with Gasteiger partial charge in [-0.05, 0) is 100 Å². The third-order valence-corrected chi connectivity index (χ3v) is 10.7. The van der Waals surface area contributed by atoms with Crippen molar-refractivity contribution >= 4 is 44.8 Å². The zero-order chi connectivity index (χ0) is 35.7. The Morgan fingerprint density at radius 2 is 1.80 bits per heavy atom. The quantitative estimate of drug-likeness (QED) is 0.236. The molecule has 1 amide bonds. The van der Waals surface area contributed by atoms with Crippen LogP contribution in [0.4, 0.5) is 5.69 Å². The molecule has 0 radical (unpaired) electrons. The summed E-state index contributed by atoms with van der Waals surface area (Å²) in [7, 11) is -0.467. The molecule has 13 heteroatoms. The average Bonchev–Trinajstić information content (AvgIpc) is 3.07. The predicted octanol–water partition coefficient (Wildman–Crippen LogP) is 6.73. The zero-order valence-corrected chi connectivity index (χ0v) is 31.0. The van der Waals surface area contributed by atoms with Crippen molar-refractivity contribution in [3.05, 3.63) is 81.8 Å². The highest BCUT2D eigenvalue weighted by atomic mass is 35.5. The first-order chi connectivity index (χ1) is 23.3. The minimum absolute atomic E-state index is 0.0455. The molecule has 0 saturated heterocycles. The van der Waals surface area contributed by atoms with E-state index in [0.717, 1.165) is 24.8 Å². The first-order valence-corrected chi connectivity index (χ1v) is 18.7. The molecule has 1 aliphatic rings. The van der Waals surface area contributed by atoms with Gasteiger partial charge in [-0.3, -0.25) is 14.4 Å². The molecule has 3 aromatic carbocycles. The van der Waals surface area contributed by atoms with Gasteiger partial charge in [-0.25, -0.2) is 8.42 Å². The van der Waals surface area contributed by atoms with Crippen molar-refractivity contribution < 1.29 is 32.5 Å². The van der Waals surface area contributed by atoms with Gasteiger partial charge in [-0.15, -0.1) is 0 Å². The van der Waals surface area contributed by atoms with Crippen molar-refractivity contribution in [2.45, 2.75) is 69.7 Å². The van der Waals surface area contributed by atoms with Crippen LogP contribution in [0.3, 0.4) is 0 Å². The number of benzene rings is 3. The summed E-state index contributed by atoms with van der Waals surface area (Å²) in [6.07, 6.45) is 1.98. The van der Waals surface area contributed by atoms with Gasteiger partial charge in [-0.1, -0.05) is 36.2 Å². The lowest BCUT2D eigenvalue weighted by atomic mass is 10.0. The van der Waals surface area contributed by atoms with Gasteiger partial charge in [0.2, 0.25) is 0 Å². The van der Waals surface area contributed by atoms with E-state index in [2.05, 4.69) is 9.62 Å². The van der Waals surface area contributed by atoms with Crippen LogP contribution in [-0.2, 0) is 21.3 Å². The minimum atomic E-state index is -3.98. The number of methoxy groups -OCH3 is 1. The van der Waals surface area contributed by atoms with E-state index in [0.29, 0.717) is 41.2 Å². The number of carbonyl (C=O) groups is 1. The van der Waals surface area contributed by atoms with Gasteiger partial charge >= 0.3 is 0 Å². The molecular weight excluding hydrogens is 689 g/mol. The number of carbonyl (C=O) groups excluding carboxylic acids is 1. The van der Waals surface area contributed by atoms with Gasteiger partial charge in [0, 0.05) is 37.8 Å². The highest BCUT2D eigenvalue weighted by Gasteiger charge is 2.31. The maximum Gasteiger partial charge on any atom is 0.261 e. The number of hydrogen-bond acceptors (Lipinski definition) is 8. The highest BCUT2D eigenvalue weighted by molar-refractivity contribution is 7.92. The molecule has 0 aliphatic carbocycles. The fourth-order valence-corrected chi connectivity index (χ4v) is 7.11. The van der Waals surface area contributed by atoms with Gasteiger partial charge < -0.3 is 24.2 Å². The number of fused-ring (bicyclic) bond motifs is 1. The van der Waals surface area contributed by atoms with E-state index < -0.39 is 16.1 Å². The second-order valence-corrected chi connectivity index (χ2v) is 15.2. The molecule has 1 aliphatic heterocycles. The molecule has 1 heterocycles. The van der Waals surface area contributed by atoms with Crippen molar-refractivity contribution in [3.63, 3.8) is 0 Å². The number of rotatable bonds is 10. The maximum absolute atomic E-state index is 14.4. The normalized spacial score (nSPS) is 20.2. The van der Waals surface area contributed by atoms with E-state index in [1.807, 2.05) is 33.0 Å². The Labute approximate surface area is 300 Å². The summed E-state index contributed by atoms with van der Waals surface area (Å²) in [6, 6.07) is 15.8. The Morgan fingerprint density at radius 1 is 1.06 bits per heavy atom. The number of anilines is 1. The highest BCUT2D eigenvalue weighted by Crippen LogP contribution is 2.30. The molecule has 49 heavy (non-hydrogen) atoms. The van der Waals surface area contributed by atoms with Crippen LogP contribution in [0.25, 0.3) is 0 Å². The standard InChI is InChI=1S/C36H47Cl2N3O7S/c1-24-20-41(25(2)23-42)36(43)31-19-28(39-49(44,45)30-13-11-29(46-5)12-14-30)10-16-34(31)48-26(3)8-6-7-17-47-35(24)22-40(4)21-27-9-15-32(37)33(38)18-27/h9-16,18-19,24-26,35,39,42H,6-8,17,20-23H2,1-5H3/t24-,25-,26+,35+/m1/s1. The topological polar surface area (TPSA) is 118 Å². The summed E-state index contributed by atoms with van der Waals surface area (Å²) in [5.74, 6) is 0.359. The minimum Gasteiger partial charge on any atom is -0.497 e. The second-order valence-electron chi connectivity index (χ2n) is 12.7. The van der Waals surface area contributed by atoms with Crippen molar-refractivity contribution in [1.82, 2.24) is 9.80 Å². The molecule has 0 aromatic heterocycles. The lowest BCUT2D eigenvalue weighted by Gasteiger charge is -2.36. The largest absolute Gasteiger partial charge is 0.497 e. The summed E-state index contributed by atoms with van der Waals surface area (Å²) < 4.78 is 47.0. The van der Waals surface area contributed by atoms with Crippen molar-refractivity contribution in [2.24, 2.45) is 5.92 Å². The van der Waals surface area contributed by atoms with Crippen LogP contribution >= 0.6 is 23.2 Å². The van der Waals surface area contributed by atoms with E-state index in [1.165, 1.54) is 25.3 Å². The first kappa shape index (κ1) is 38.7. The molecule has 0 spiro atoms. The number of nitrogens with one attached hydrogen (secondary N) is 1. The smallest absolute Gasteiger partial charge is 0.261 e. The van der Waals surface area contributed by atoms with Crippen LogP contribution < -0.4 is 14.2 Å². The number of ether oxygens (including phenoxy) is 3. The van der Waals surface area contributed by atoms with Crippen molar-refractivity contribution in [3.8, 4) is 11.5 Å². The Balaban J connectivity index is 1.63. The van der Waals surface area contributed by atoms with E-state index in [9.17, 15) is 18.3 Å². The lowest BCUT2D eigenvalue weighted by Crippen LogP contribution is -2.47. The van der Waals surface area contributed by atoms with E-state index >= 15 is 0 Å². The van der Waals surface area contributed by atoms with Crippen LogP contribution in [0.15, 0.2) is 65.6 Å². The van der Waals surface area contributed by atoms with Crippen molar-refractivity contribution in [2.75, 3.05) is 45.2 Å². The number of sulfonamides is 1. The van der Waals surface area contributed by atoms with Crippen molar-refractivity contribution in [1.29, 1.82) is 0 Å². The summed E-state index contributed by atoms with van der Waals surface area (Å²) in [5, 5.41) is 11.3. The van der Waals surface area contributed by atoms with Crippen LogP contribution in [0.5, 0.6) is 11.5 Å². The van der Waals surface area contributed by atoms with Crippen LogP contribution in [-0.4, -0.2) is 87.9 Å². The van der Waals surface area contributed by atoms with E-state index in [-0.39, 0.29) is 53.3 Å². The molecule has 0 fully saturated rings. The number of halogens is 2. The van der Waals surface area contributed by atoms with Gasteiger partial charge in [0.25, 0.3) is 15.9 Å². The Bertz CT molecular complexity index is 1660. The first-order valence-electron chi connectivity index (χ1n) is 16.4. The van der Waals surface area contributed by atoms with Crippen LogP contribution in [0.2, 0.25) is 10.0 Å². The summed E-state index contributed by atoms with van der Waals surface area (Å²) in [6.45, 7) is 7.53. The van der Waals surface area contributed by atoms with Gasteiger partial charge in [0.05, 0.1) is 52.5 Å². The molecule has 0 saturated carbocycles. The Hall–Kier alpha value is -3.06. The number of aliphatic hydroxyl groups is 1. The monoisotopic (exact) mass is 735 g/mol. The fourth-order valence-electron chi connectivity index (χ4n) is 5.74. The summed E-state index contributed by atoms with van der Waals surface area (Å²) >= 11 is 12.4. The van der Waals surface area contributed by atoms with Gasteiger partial charge in [-0.2, -0.15) is 0 Å². The fraction of sp³-hybridized carbons (Fsp3) is 0.472. The number of hydrogen-bond donors (Lipinski definition) is 2. The molecule has 4 rings (SSSR count). The number of aliphatic hydroxyl groups excluding tert-OH is 1. The molecule has 0 unspecified atom stereocenters. The third kappa shape index (κ3) is 10.7. The Kier molecular flexibility index (Phi) is 14.0. The SMILES string of the molecule is COc1ccc(S(=O)(=O)Nc2ccc3c(c2)C(=O)N([C@H](C)CO)C[C@@H](C)[C@H](CN(C)Cc2ccc(Cl)c(Cl)c2)OCCCC[C@H](C)O3)cc1. The molecule has 4 atom stereocenters. The van der Waals surface area contributed by atoms with Crippen LogP contribution in [0, 0.1) is 5.92 Å². The number of likely N-dealkylation sites (N-methyl/N-ethyl adjacent to an activating group) is 1. The lowest BCUT2D eigenvalue weighted by molar-refractivity contribution is -0.0177. The van der Waals surface area contributed by atoms with E-state index in [1.54, 1.807) is 42.2 Å². The Morgan fingerprint density at radius 3 is 2.47 bits per heavy atom. The van der Waals surface area contributed by atoms with Crippen LogP contribution in [0.1, 0.15) is 56.0 Å². The molecule has 0 bridgehead atoms. The molecule has 10 nitrogen and oxygen atoms in total. The van der Waals surface area contributed by atoms with Gasteiger partial charge in [0.1, 0.15) is 11.5 Å². The van der Waals surface area contributed by atoms with Gasteiger partial charge in [0.15, 0.2) is 0 Å². The molecule has 3 aromatic rings. The second kappa shape index (κ2) is 17.7. The predicted molar refractivity (Wildman–Crippen MR) is 193 cm³/mol. The summed E-state index contributed by atoms with van der Waals surface area (Å²) in [4.78, 5) is 18.2. The molecular formula is C36H47Cl2N3O7S.